The predicted octanol–water partition coefficient (Wildman–Crippen LogP) is 3.03. The van der Waals surface area contributed by atoms with Gasteiger partial charge in [0.25, 0.3) is 0 Å². The number of likely N-dealkylation sites (N-methyl/N-ethyl adjacent to an activating group) is 1. The lowest BCUT2D eigenvalue weighted by molar-refractivity contribution is 0.247. The molecular formula is C11H13ClFN. The van der Waals surface area contributed by atoms with Gasteiger partial charge in [-0.1, -0.05) is 11.6 Å². The molecule has 0 bridgehead atoms. The maximum atomic E-state index is 13.3. The summed E-state index contributed by atoms with van der Waals surface area (Å²) in [5.41, 5.74) is 2.25. The second-order valence-corrected chi connectivity index (χ2v) is 4.28. The number of hydrogen-bond donors (Lipinski definition) is 0. The molecule has 0 radical (unpaired) electrons. The zero-order chi connectivity index (χ0) is 10.3. The lowest BCUT2D eigenvalue weighted by Crippen LogP contribution is -2.30. The first-order valence-electron chi connectivity index (χ1n) is 4.77. The van der Waals surface area contributed by atoms with Crippen LogP contribution in [0, 0.1) is 5.82 Å². The summed E-state index contributed by atoms with van der Waals surface area (Å²) in [6, 6.07) is 3.61. The number of nitrogens with zero attached hydrogens (tertiary/aromatic N) is 1. The zero-order valence-corrected chi connectivity index (χ0v) is 9.11. The van der Waals surface area contributed by atoms with Crippen molar-refractivity contribution in [3.8, 4) is 0 Å². The molecule has 14 heavy (non-hydrogen) atoms. The minimum atomic E-state index is -0.312. The van der Waals surface area contributed by atoms with Gasteiger partial charge in [0.2, 0.25) is 0 Å². The molecule has 1 nitrogen and oxygen atoms in total. The van der Waals surface area contributed by atoms with E-state index in [1.165, 1.54) is 5.56 Å². The van der Waals surface area contributed by atoms with E-state index in [1.54, 1.807) is 12.1 Å². The molecule has 1 aromatic rings. The van der Waals surface area contributed by atoms with E-state index in [-0.39, 0.29) is 16.9 Å². The van der Waals surface area contributed by atoms with Crippen LogP contribution in [-0.4, -0.2) is 18.5 Å². The van der Waals surface area contributed by atoms with Crippen LogP contribution in [-0.2, 0) is 6.42 Å². The fraction of sp³-hybridized carbons (Fsp3) is 0.455. The Balaban J connectivity index is 2.50. The van der Waals surface area contributed by atoms with Crippen LogP contribution >= 0.6 is 11.6 Å². The molecule has 2 rings (SSSR count). The number of fused-ring (bicyclic) bond motifs is 1. The molecule has 0 aliphatic carbocycles. The third-order valence-electron chi connectivity index (χ3n) is 3.03. The first kappa shape index (κ1) is 9.94. The maximum absolute atomic E-state index is 13.3. The van der Waals surface area contributed by atoms with Gasteiger partial charge in [-0.3, -0.25) is 4.90 Å². The van der Waals surface area contributed by atoms with Crippen molar-refractivity contribution < 1.29 is 4.39 Å². The monoisotopic (exact) mass is 213 g/mol. The van der Waals surface area contributed by atoms with Gasteiger partial charge in [0.1, 0.15) is 5.82 Å². The van der Waals surface area contributed by atoms with Gasteiger partial charge >= 0.3 is 0 Å². The quantitative estimate of drug-likeness (QED) is 0.641. The lowest BCUT2D eigenvalue weighted by Gasteiger charge is -2.32. The highest BCUT2D eigenvalue weighted by atomic mass is 35.5. The van der Waals surface area contributed by atoms with Gasteiger partial charge in [-0.05, 0) is 43.7 Å². The van der Waals surface area contributed by atoms with Gasteiger partial charge in [0.05, 0.1) is 5.02 Å². The van der Waals surface area contributed by atoms with Crippen LogP contribution in [0.1, 0.15) is 24.1 Å². The van der Waals surface area contributed by atoms with Gasteiger partial charge in [-0.25, -0.2) is 4.39 Å². The molecule has 0 fully saturated rings. The average molecular weight is 214 g/mol. The third kappa shape index (κ3) is 1.53. The normalized spacial score (nSPS) is 22.1. The number of halogens is 2. The van der Waals surface area contributed by atoms with Crippen molar-refractivity contribution in [2.45, 2.75) is 19.4 Å². The second-order valence-electron chi connectivity index (χ2n) is 3.87. The third-order valence-corrected chi connectivity index (χ3v) is 3.32. The second kappa shape index (κ2) is 3.52. The molecule has 3 heteroatoms. The smallest absolute Gasteiger partial charge is 0.142 e. The molecule has 0 saturated heterocycles. The van der Waals surface area contributed by atoms with E-state index in [2.05, 4.69) is 18.9 Å². The van der Waals surface area contributed by atoms with E-state index in [0.717, 1.165) is 18.5 Å². The molecule has 1 atom stereocenters. The van der Waals surface area contributed by atoms with Crippen molar-refractivity contribution in [2.75, 3.05) is 13.6 Å². The van der Waals surface area contributed by atoms with Gasteiger partial charge in [-0.15, -0.1) is 0 Å². The van der Waals surface area contributed by atoms with Crippen molar-refractivity contribution in [3.63, 3.8) is 0 Å². The Morgan fingerprint density at radius 2 is 2.21 bits per heavy atom. The Labute approximate surface area is 88.5 Å². The molecule has 0 N–H and O–H groups in total. The van der Waals surface area contributed by atoms with Crippen molar-refractivity contribution in [1.82, 2.24) is 4.90 Å². The van der Waals surface area contributed by atoms with Crippen molar-refractivity contribution in [2.24, 2.45) is 0 Å². The van der Waals surface area contributed by atoms with Gasteiger partial charge in [-0.2, -0.15) is 0 Å². The molecule has 0 amide bonds. The molecule has 1 aliphatic rings. The van der Waals surface area contributed by atoms with Gasteiger partial charge in [0.15, 0.2) is 0 Å². The van der Waals surface area contributed by atoms with Crippen LogP contribution < -0.4 is 0 Å². The fourth-order valence-corrected chi connectivity index (χ4v) is 2.12. The van der Waals surface area contributed by atoms with E-state index in [1.807, 2.05) is 0 Å². The van der Waals surface area contributed by atoms with Gasteiger partial charge in [0, 0.05) is 12.6 Å². The van der Waals surface area contributed by atoms with Crippen molar-refractivity contribution in [1.29, 1.82) is 0 Å². The fourth-order valence-electron chi connectivity index (χ4n) is 1.94. The molecule has 1 unspecified atom stereocenters. The SMILES string of the molecule is CC1c2cc(F)c(Cl)cc2CCN1C. The van der Waals surface area contributed by atoms with Gasteiger partial charge < -0.3 is 0 Å². The summed E-state index contributed by atoms with van der Waals surface area (Å²) in [5, 5.41) is 0.237. The Morgan fingerprint density at radius 3 is 2.93 bits per heavy atom. The molecule has 0 aromatic heterocycles. The largest absolute Gasteiger partial charge is 0.299 e. The first-order chi connectivity index (χ1) is 6.59. The average Bonchev–Trinajstić information content (AvgIpc) is 2.15. The van der Waals surface area contributed by atoms with Crippen molar-refractivity contribution >= 4 is 11.6 Å². The standard InChI is InChI=1S/C11H13ClFN/c1-7-9-6-11(13)10(12)5-8(9)3-4-14(7)2/h5-7H,3-4H2,1-2H3. The summed E-state index contributed by atoms with van der Waals surface area (Å²) in [4.78, 5) is 2.22. The summed E-state index contributed by atoms with van der Waals surface area (Å²) in [7, 11) is 2.06. The number of rotatable bonds is 0. The summed E-state index contributed by atoms with van der Waals surface area (Å²) >= 11 is 5.74. The molecule has 0 saturated carbocycles. The molecule has 1 aliphatic heterocycles. The van der Waals surface area contributed by atoms with Crippen LogP contribution in [0.2, 0.25) is 5.02 Å². The zero-order valence-electron chi connectivity index (χ0n) is 8.35. The molecule has 0 spiro atoms. The topological polar surface area (TPSA) is 3.24 Å². The molecule has 1 heterocycles. The number of hydrogen-bond acceptors (Lipinski definition) is 1. The van der Waals surface area contributed by atoms with Crippen LogP contribution in [0.25, 0.3) is 0 Å². The van der Waals surface area contributed by atoms with E-state index in [9.17, 15) is 4.39 Å². The minimum Gasteiger partial charge on any atom is -0.299 e. The summed E-state index contributed by atoms with van der Waals surface area (Å²) in [6.07, 6.45) is 0.955. The maximum Gasteiger partial charge on any atom is 0.142 e. The number of benzene rings is 1. The Morgan fingerprint density at radius 1 is 1.50 bits per heavy atom. The Hall–Kier alpha value is -0.600. The lowest BCUT2D eigenvalue weighted by atomic mass is 9.94. The highest BCUT2D eigenvalue weighted by molar-refractivity contribution is 6.30. The highest BCUT2D eigenvalue weighted by Gasteiger charge is 2.22. The van der Waals surface area contributed by atoms with Crippen LogP contribution in [0.4, 0.5) is 4.39 Å². The van der Waals surface area contributed by atoms with E-state index >= 15 is 0 Å². The highest BCUT2D eigenvalue weighted by Crippen LogP contribution is 2.31. The summed E-state index contributed by atoms with van der Waals surface area (Å²) < 4.78 is 13.3. The molecule has 1 aromatic carbocycles. The van der Waals surface area contributed by atoms with E-state index < -0.39 is 0 Å². The Kier molecular flexibility index (Phi) is 2.50. The predicted molar refractivity (Wildman–Crippen MR) is 56.2 cm³/mol. The van der Waals surface area contributed by atoms with E-state index in [0.29, 0.717) is 0 Å². The van der Waals surface area contributed by atoms with Crippen molar-refractivity contribution in [3.05, 3.63) is 34.1 Å². The van der Waals surface area contributed by atoms with Crippen LogP contribution in [0.5, 0.6) is 0 Å². The Bertz CT molecular complexity index is 365. The molecule has 76 valence electrons. The summed E-state index contributed by atoms with van der Waals surface area (Å²) in [6.45, 7) is 3.10. The van der Waals surface area contributed by atoms with Crippen LogP contribution in [0.15, 0.2) is 12.1 Å². The first-order valence-corrected chi connectivity index (χ1v) is 5.15. The minimum absolute atomic E-state index is 0.237. The van der Waals surface area contributed by atoms with E-state index in [4.69, 9.17) is 11.6 Å². The molecular weight excluding hydrogens is 201 g/mol. The van der Waals surface area contributed by atoms with Crippen LogP contribution in [0.3, 0.4) is 0 Å². The summed E-state index contributed by atoms with van der Waals surface area (Å²) in [5.74, 6) is -0.312.